The van der Waals surface area contributed by atoms with Gasteiger partial charge in [-0.15, -0.1) is 0 Å². The standard InChI is InChI=1S/C17H24N2O2/c1-13-4-3-5-14(8-13)9-19(15-6-7-15)16(20)10-21-17(2)11-18-12-17/h3-5,8,15,18H,6-7,9-12H2,1-2H3. The molecule has 1 saturated carbocycles. The predicted octanol–water partition coefficient (Wildman–Crippen LogP) is 1.86. The largest absolute Gasteiger partial charge is 0.363 e. The molecule has 1 aromatic rings. The Labute approximate surface area is 126 Å². The van der Waals surface area contributed by atoms with E-state index >= 15 is 0 Å². The Bertz CT molecular complexity index is 521. The third-order valence-electron chi connectivity index (χ3n) is 4.29. The maximum Gasteiger partial charge on any atom is 0.249 e. The minimum absolute atomic E-state index is 0.118. The van der Waals surface area contributed by atoms with Crippen molar-refractivity contribution >= 4 is 5.91 Å². The van der Waals surface area contributed by atoms with Crippen LogP contribution >= 0.6 is 0 Å². The first kappa shape index (κ1) is 14.5. The second-order valence-electron chi connectivity index (χ2n) is 6.58. The van der Waals surface area contributed by atoms with Gasteiger partial charge in [-0.25, -0.2) is 0 Å². The summed E-state index contributed by atoms with van der Waals surface area (Å²) in [5, 5.41) is 3.19. The molecule has 0 spiro atoms. The molecule has 3 rings (SSSR count). The minimum Gasteiger partial charge on any atom is -0.363 e. The molecule has 1 aliphatic heterocycles. The molecule has 0 aromatic heterocycles. The van der Waals surface area contributed by atoms with Crippen LogP contribution in [0.4, 0.5) is 0 Å². The van der Waals surface area contributed by atoms with Gasteiger partial charge in [0.2, 0.25) is 5.91 Å². The summed E-state index contributed by atoms with van der Waals surface area (Å²) < 4.78 is 5.79. The highest BCUT2D eigenvalue weighted by Crippen LogP contribution is 2.29. The third-order valence-corrected chi connectivity index (χ3v) is 4.29. The molecule has 1 aliphatic carbocycles. The number of nitrogens with zero attached hydrogens (tertiary/aromatic N) is 1. The van der Waals surface area contributed by atoms with Gasteiger partial charge in [-0.2, -0.15) is 0 Å². The normalized spacial score (nSPS) is 19.9. The molecular weight excluding hydrogens is 264 g/mol. The fourth-order valence-electron chi connectivity index (χ4n) is 2.71. The number of aryl methyl sites for hydroxylation is 1. The van der Waals surface area contributed by atoms with Crippen LogP contribution in [0.3, 0.4) is 0 Å². The Morgan fingerprint density at radius 1 is 1.43 bits per heavy atom. The highest BCUT2D eigenvalue weighted by Gasteiger charge is 2.36. The topological polar surface area (TPSA) is 41.6 Å². The molecule has 2 aliphatic rings. The lowest BCUT2D eigenvalue weighted by atomic mass is 10.0. The Morgan fingerprint density at radius 2 is 2.19 bits per heavy atom. The van der Waals surface area contributed by atoms with Gasteiger partial charge in [-0.1, -0.05) is 29.8 Å². The van der Waals surface area contributed by atoms with Crippen LogP contribution in [-0.4, -0.2) is 42.1 Å². The van der Waals surface area contributed by atoms with Gasteiger partial charge in [0.05, 0.1) is 5.60 Å². The molecule has 1 aromatic carbocycles. The van der Waals surface area contributed by atoms with Crippen LogP contribution < -0.4 is 5.32 Å². The van der Waals surface area contributed by atoms with Crippen molar-refractivity contribution in [2.24, 2.45) is 0 Å². The van der Waals surface area contributed by atoms with Crippen molar-refractivity contribution in [3.63, 3.8) is 0 Å². The zero-order chi connectivity index (χ0) is 14.9. The minimum atomic E-state index is -0.159. The van der Waals surface area contributed by atoms with Crippen molar-refractivity contribution in [2.45, 2.75) is 44.9 Å². The molecule has 0 bridgehead atoms. The molecule has 114 valence electrons. The molecule has 0 radical (unpaired) electrons. The van der Waals surface area contributed by atoms with Crippen LogP contribution in [-0.2, 0) is 16.1 Å². The zero-order valence-corrected chi connectivity index (χ0v) is 12.9. The molecular formula is C17H24N2O2. The van der Waals surface area contributed by atoms with Crippen molar-refractivity contribution in [2.75, 3.05) is 19.7 Å². The van der Waals surface area contributed by atoms with E-state index in [0.29, 0.717) is 12.6 Å². The SMILES string of the molecule is Cc1cccc(CN(C(=O)COC2(C)CNC2)C2CC2)c1. The summed E-state index contributed by atoms with van der Waals surface area (Å²) >= 11 is 0. The summed E-state index contributed by atoms with van der Waals surface area (Å²) in [6.45, 7) is 6.70. The van der Waals surface area contributed by atoms with Gasteiger partial charge in [-0.05, 0) is 32.3 Å². The lowest BCUT2D eigenvalue weighted by molar-refractivity contribution is -0.147. The number of hydrogen-bond donors (Lipinski definition) is 1. The molecule has 0 atom stereocenters. The average molecular weight is 288 g/mol. The molecule has 4 heteroatoms. The number of nitrogens with one attached hydrogen (secondary N) is 1. The van der Waals surface area contributed by atoms with E-state index in [1.165, 1.54) is 11.1 Å². The zero-order valence-electron chi connectivity index (χ0n) is 12.9. The summed E-state index contributed by atoms with van der Waals surface area (Å²) in [6, 6.07) is 8.79. The van der Waals surface area contributed by atoms with Gasteiger partial charge >= 0.3 is 0 Å². The van der Waals surface area contributed by atoms with Gasteiger partial charge in [0.25, 0.3) is 0 Å². The lowest BCUT2D eigenvalue weighted by Crippen LogP contribution is -2.59. The van der Waals surface area contributed by atoms with E-state index in [1.54, 1.807) is 0 Å². The molecule has 1 heterocycles. The van der Waals surface area contributed by atoms with Crippen LogP contribution in [0.2, 0.25) is 0 Å². The number of carbonyl (C=O) groups excluding carboxylic acids is 1. The second-order valence-corrected chi connectivity index (χ2v) is 6.58. The molecule has 21 heavy (non-hydrogen) atoms. The van der Waals surface area contributed by atoms with Crippen LogP contribution in [0.5, 0.6) is 0 Å². The number of carbonyl (C=O) groups is 1. The molecule has 1 saturated heterocycles. The highest BCUT2D eigenvalue weighted by atomic mass is 16.5. The van der Waals surface area contributed by atoms with Crippen molar-refractivity contribution in [1.29, 1.82) is 0 Å². The summed E-state index contributed by atoms with van der Waals surface area (Å²) in [6.07, 6.45) is 2.24. The van der Waals surface area contributed by atoms with E-state index in [9.17, 15) is 4.79 Å². The van der Waals surface area contributed by atoms with Crippen LogP contribution in [0.15, 0.2) is 24.3 Å². The lowest BCUT2D eigenvalue weighted by Gasteiger charge is -2.39. The maximum atomic E-state index is 12.5. The van der Waals surface area contributed by atoms with E-state index in [4.69, 9.17) is 4.74 Å². The van der Waals surface area contributed by atoms with Crippen molar-refractivity contribution in [1.82, 2.24) is 10.2 Å². The number of benzene rings is 1. The summed E-state index contributed by atoms with van der Waals surface area (Å²) in [5.41, 5.74) is 2.28. The number of ether oxygens (including phenoxy) is 1. The van der Waals surface area contributed by atoms with Crippen molar-refractivity contribution in [3.8, 4) is 0 Å². The van der Waals surface area contributed by atoms with Gasteiger partial charge in [-0.3, -0.25) is 4.79 Å². The number of rotatable bonds is 6. The summed E-state index contributed by atoms with van der Waals surface area (Å²) in [7, 11) is 0. The van der Waals surface area contributed by atoms with E-state index in [0.717, 1.165) is 25.9 Å². The number of hydrogen-bond acceptors (Lipinski definition) is 3. The van der Waals surface area contributed by atoms with Gasteiger partial charge in [0.15, 0.2) is 0 Å². The quantitative estimate of drug-likeness (QED) is 0.869. The van der Waals surface area contributed by atoms with Crippen molar-refractivity contribution in [3.05, 3.63) is 35.4 Å². The molecule has 1 amide bonds. The molecule has 1 N–H and O–H groups in total. The summed E-state index contributed by atoms with van der Waals surface area (Å²) in [5.74, 6) is 0.118. The molecule has 0 unspecified atom stereocenters. The number of amides is 1. The van der Waals surface area contributed by atoms with Crippen LogP contribution in [0.25, 0.3) is 0 Å². The Hall–Kier alpha value is -1.39. The van der Waals surface area contributed by atoms with E-state index in [1.807, 2.05) is 4.90 Å². The third kappa shape index (κ3) is 3.63. The molecule has 4 nitrogen and oxygen atoms in total. The summed E-state index contributed by atoms with van der Waals surface area (Å²) in [4.78, 5) is 14.5. The van der Waals surface area contributed by atoms with Crippen LogP contribution in [0, 0.1) is 6.92 Å². The first-order valence-electron chi connectivity index (χ1n) is 7.75. The second kappa shape index (κ2) is 5.78. The Morgan fingerprint density at radius 3 is 2.76 bits per heavy atom. The van der Waals surface area contributed by atoms with Gasteiger partial charge in [0.1, 0.15) is 6.61 Å². The fraction of sp³-hybridized carbons (Fsp3) is 0.588. The van der Waals surface area contributed by atoms with Gasteiger partial charge < -0.3 is 15.0 Å². The van der Waals surface area contributed by atoms with E-state index in [-0.39, 0.29) is 18.1 Å². The Kier molecular flexibility index (Phi) is 4.00. The fourth-order valence-corrected chi connectivity index (χ4v) is 2.71. The van der Waals surface area contributed by atoms with E-state index in [2.05, 4.69) is 43.4 Å². The van der Waals surface area contributed by atoms with Crippen LogP contribution in [0.1, 0.15) is 30.9 Å². The average Bonchev–Trinajstić information content (AvgIpc) is 3.24. The Balaban J connectivity index is 1.60. The molecule has 2 fully saturated rings. The first-order chi connectivity index (χ1) is 10.1. The monoisotopic (exact) mass is 288 g/mol. The smallest absolute Gasteiger partial charge is 0.249 e. The van der Waals surface area contributed by atoms with E-state index < -0.39 is 0 Å². The first-order valence-corrected chi connectivity index (χ1v) is 7.75. The van der Waals surface area contributed by atoms with Gasteiger partial charge in [0, 0.05) is 25.7 Å². The highest BCUT2D eigenvalue weighted by molar-refractivity contribution is 5.78. The van der Waals surface area contributed by atoms with Crippen molar-refractivity contribution < 1.29 is 9.53 Å². The predicted molar refractivity (Wildman–Crippen MR) is 82.0 cm³/mol. The maximum absolute atomic E-state index is 12.5.